The average Bonchev–Trinajstić information content (AvgIpc) is 2.45. The van der Waals surface area contributed by atoms with Crippen LogP contribution in [0.15, 0.2) is 51.4 Å². The monoisotopic (exact) mass is 394 g/mol. The summed E-state index contributed by atoms with van der Waals surface area (Å²) in [7, 11) is 0. The van der Waals surface area contributed by atoms with Gasteiger partial charge in [0.15, 0.2) is 6.61 Å². The lowest BCUT2D eigenvalue weighted by atomic mass is 10.2. The first-order valence-electron chi connectivity index (χ1n) is 5.98. The molecule has 0 unspecified atom stereocenters. The average molecular weight is 396 g/mol. The summed E-state index contributed by atoms with van der Waals surface area (Å²) < 4.78 is 7.39. The third kappa shape index (κ3) is 3.75. The highest BCUT2D eigenvalue weighted by Gasteiger charge is 2.06. The summed E-state index contributed by atoms with van der Waals surface area (Å²) in [5, 5.41) is 12.0. The Morgan fingerprint density at radius 3 is 2.45 bits per heavy atom. The van der Waals surface area contributed by atoms with E-state index in [0.717, 1.165) is 25.9 Å². The minimum atomic E-state index is 0.0513. The van der Waals surface area contributed by atoms with Gasteiger partial charge in [0.25, 0.3) is 0 Å². The number of hydrogen-bond donors (Lipinski definition) is 1. The Labute approximate surface area is 134 Å². The number of nitrogens with one attached hydrogen (secondary N) is 1. The maximum absolute atomic E-state index is 8.60. The predicted octanol–water partition coefficient (Wildman–Crippen LogP) is 4.73. The van der Waals surface area contributed by atoms with Crippen LogP contribution in [-0.4, -0.2) is 6.61 Å². The predicted molar refractivity (Wildman–Crippen MR) is 86.7 cm³/mol. The van der Waals surface area contributed by atoms with Gasteiger partial charge in [0.1, 0.15) is 11.8 Å². The van der Waals surface area contributed by atoms with Crippen molar-refractivity contribution in [3.8, 4) is 11.8 Å². The van der Waals surface area contributed by atoms with Gasteiger partial charge >= 0.3 is 0 Å². The summed E-state index contributed by atoms with van der Waals surface area (Å²) in [5.74, 6) is 0.727. The van der Waals surface area contributed by atoms with Gasteiger partial charge in [-0.25, -0.2) is 0 Å². The third-order valence-electron chi connectivity index (χ3n) is 2.68. The van der Waals surface area contributed by atoms with Crippen molar-refractivity contribution in [2.75, 3.05) is 11.9 Å². The van der Waals surface area contributed by atoms with Crippen LogP contribution >= 0.6 is 31.9 Å². The Hall–Kier alpha value is -1.51. The van der Waals surface area contributed by atoms with Crippen molar-refractivity contribution in [3.63, 3.8) is 0 Å². The number of halogens is 2. The van der Waals surface area contributed by atoms with E-state index in [1.165, 1.54) is 0 Å². The van der Waals surface area contributed by atoms with Gasteiger partial charge in [0, 0.05) is 21.1 Å². The number of nitrogens with zero attached hydrogens (tertiary/aromatic N) is 1. The van der Waals surface area contributed by atoms with E-state index < -0.39 is 0 Å². The van der Waals surface area contributed by atoms with E-state index in [1.54, 1.807) is 0 Å². The Kier molecular flexibility index (Phi) is 5.45. The van der Waals surface area contributed by atoms with Crippen LogP contribution in [0.3, 0.4) is 0 Å². The highest BCUT2D eigenvalue weighted by molar-refractivity contribution is 9.11. The molecule has 0 aromatic heterocycles. The van der Waals surface area contributed by atoms with Crippen LogP contribution in [0.25, 0.3) is 0 Å². The maximum Gasteiger partial charge on any atom is 0.174 e. The van der Waals surface area contributed by atoms with Crippen molar-refractivity contribution in [2.24, 2.45) is 0 Å². The summed E-state index contributed by atoms with van der Waals surface area (Å²) in [6.07, 6.45) is 0. The van der Waals surface area contributed by atoms with Crippen LogP contribution in [0.2, 0.25) is 0 Å². The molecule has 0 saturated heterocycles. The molecule has 0 amide bonds. The molecule has 0 saturated carbocycles. The molecule has 2 rings (SSSR count). The van der Waals surface area contributed by atoms with Crippen molar-refractivity contribution >= 4 is 37.5 Å². The summed E-state index contributed by atoms with van der Waals surface area (Å²) in [6, 6.07) is 15.6. The molecule has 0 radical (unpaired) electrons. The zero-order valence-electron chi connectivity index (χ0n) is 10.6. The highest BCUT2D eigenvalue weighted by atomic mass is 79.9. The van der Waals surface area contributed by atoms with E-state index in [4.69, 9.17) is 10.00 Å². The Bertz CT molecular complexity index is 618. The van der Waals surface area contributed by atoms with Crippen molar-refractivity contribution in [3.05, 3.63) is 57.0 Å². The quantitative estimate of drug-likeness (QED) is 0.796. The van der Waals surface area contributed by atoms with Crippen LogP contribution in [0.5, 0.6) is 5.75 Å². The first-order chi connectivity index (χ1) is 9.72. The Morgan fingerprint density at radius 1 is 1.05 bits per heavy atom. The summed E-state index contributed by atoms with van der Waals surface area (Å²) >= 11 is 7.03. The fourth-order valence-electron chi connectivity index (χ4n) is 1.75. The first-order valence-corrected chi connectivity index (χ1v) is 7.56. The molecule has 0 heterocycles. The molecule has 0 aliphatic heterocycles. The van der Waals surface area contributed by atoms with E-state index in [9.17, 15) is 0 Å². The number of ether oxygens (including phenoxy) is 1. The van der Waals surface area contributed by atoms with Crippen molar-refractivity contribution in [1.82, 2.24) is 0 Å². The fourth-order valence-corrected chi connectivity index (χ4v) is 3.03. The number of rotatable bonds is 5. The van der Waals surface area contributed by atoms with Crippen LogP contribution in [0.4, 0.5) is 5.69 Å². The van der Waals surface area contributed by atoms with Gasteiger partial charge in [0.05, 0.1) is 5.69 Å². The SMILES string of the molecule is N#CCOc1ccccc1CNc1c(Br)cccc1Br. The van der Waals surface area contributed by atoms with Crippen LogP contribution in [0.1, 0.15) is 5.56 Å². The number of benzene rings is 2. The molecule has 0 aliphatic rings. The normalized spacial score (nSPS) is 9.85. The lowest BCUT2D eigenvalue weighted by Gasteiger charge is -2.13. The minimum absolute atomic E-state index is 0.0513. The number of nitriles is 1. The zero-order chi connectivity index (χ0) is 14.4. The van der Waals surface area contributed by atoms with E-state index in [-0.39, 0.29) is 6.61 Å². The van der Waals surface area contributed by atoms with Gasteiger partial charge in [-0.3, -0.25) is 0 Å². The molecular formula is C15H12Br2N2O. The maximum atomic E-state index is 8.60. The molecule has 2 aromatic rings. The second-order valence-electron chi connectivity index (χ2n) is 4.00. The van der Waals surface area contributed by atoms with E-state index in [2.05, 4.69) is 37.2 Å². The lowest BCUT2D eigenvalue weighted by molar-refractivity contribution is 0.364. The molecule has 1 N–H and O–H groups in total. The number of hydrogen-bond acceptors (Lipinski definition) is 3. The number of anilines is 1. The van der Waals surface area contributed by atoms with Gasteiger partial charge in [-0.05, 0) is 50.1 Å². The summed E-state index contributed by atoms with van der Waals surface area (Å²) in [6.45, 7) is 0.665. The van der Waals surface area contributed by atoms with E-state index >= 15 is 0 Å². The molecule has 5 heteroatoms. The summed E-state index contributed by atoms with van der Waals surface area (Å²) in [5.41, 5.74) is 1.99. The van der Waals surface area contributed by atoms with Gasteiger partial charge in [-0.15, -0.1) is 0 Å². The zero-order valence-corrected chi connectivity index (χ0v) is 13.7. The minimum Gasteiger partial charge on any atom is -0.478 e. The van der Waals surface area contributed by atoms with Crippen molar-refractivity contribution < 1.29 is 4.74 Å². The third-order valence-corrected chi connectivity index (χ3v) is 4.00. The Balaban J connectivity index is 2.13. The number of para-hydroxylation sites is 2. The molecule has 20 heavy (non-hydrogen) atoms. The van der Waals surface area contributed by atoms with Crippen LogP contribution in [0, 0.1) is 11.3 Å². The van der Waals surface area contributed by atoms with Crippen LogP contribution in [-0.2, 0) is 6.54 Å². The lowest BCUT2D eigenvalue weighted by Crippen LogP contribution is -2.04. The molecule has 0 atom stereocenters. The largest absolute Gasteiger partial charge is 0.478 e. The van der Waals surface area contributed by atoms with Gasteiger partial charge in [0.2, 0.25) is 0 Å². The molecule has 0 aliphatic carbocycles. The topological polar surface area (TPSA) is 45.0 Å². The highest BCUT2D eigenvalue weighted by Crippen LogP contribution is 2.31. The molecule has 0 bridgehead atoms. The molecule has 102 valence electrons. The van der Waals surface area contributed by atoms with Crippen LogP contribution < -0.4 is 10.1 Å². The van der Waals surface area contributed by atoms with E-state index in [0.29, 0.717) is 6.54 Å². The standard InChI is InChI=1S/C15H12Br2N2O/c16-12-5-3-6-13(17)15(12)19-10-11-4-1-2-7-14(11)20-9-8-18/h1-7,19H,9-10H2. The van der Waals surface area contributed by atoms with Gasteiger partial charge in [-0.1, -0.05) is 24.3 Å². The summed E-state index contributed by atoms with van der Waals surface area (Å²) in [4.78, 5) is 0. The molecule has 0 fully saturated rings. The molecule has 2 aromatic carbocycles. The smallest absolute Gasteiger partial charge is 0.174 e. The Morgan fingerprint density at radius 2 is 1.75 bits per heavy atom. The second kappa shape index (κ2) is 7.32. The van der Waals surface area contributed by atoms with Gasteiger partial charge in [-0.2, -0.15) is 5.26 Å². The van der Waals surface area contributed by atoms with E-state index in [1.807, 2.05) is 48.5 Å². The fraction of sp³-hybridized carbons (Fsp3) is 0.133. The van der Waals surface area contributed by atoms with Gasteiger partial charge < -0.3 is 10.1 Å². The van der Waals surface area contributed by atoms with Crippen molar-refractivity contribution in [2.45, 2.75) is 6.54 Å². The molecular weight excluding hydrogens is 384 g/mol. The van der Waals surface area contributed by atoms with Crippen molar-refractivity contribution in [1.29, 1.82) is 5.26 Å². The second-order valence-corrected chi connectivity index (χ2v) is 5.71. The molecule has 0 spiro atoms. The first kappa shape index (κ1) is 14.9. The molecule has 3 nitrogen and oxygen atoms in total.